The summed E-state index contributed by atoms with van der Waals surface area (Å²) in [4.78, 5) is 29.0. The molecule has 0 unspecified atom stereocenters. The lowest BCUT2D eigenvalue weighted by Gasteiger charge is -2.14. The fourth-order valence-corrected chi connectivity index (χ4v) is 3.01. The van der Waals surface area contributed by atoms with Crippen LogP contribution < -0.4 is 10.3 Å². The number of carbonyl (C=O) groups is 1. The number of likely N-dealkylation sites (tertiary alicyclic amines) is 1. The zero-order chi connectivity index (χ0) is 19.2. The van der Waals surface area contributed by atoms with Gasteiger partial charge in [-0.25, -0.2) is 0 Å². The molecule has 1 aromatic carbocycles. The summed E-state index contributed by atoms with van der Waals surface area (Å²) in [6.07, 6.45) is 3.79. The molecule has 0 radical (unpaired) electrons. The minimum Gasteiger partial charge on any atom is -0.491 e. The van der Waals surface area contributed by atoms with Crippen LogP contribution in [-0.2, 0) is 11.2 Å². The Morgan fingerprint density at radius 1 is 1.22 bits per heavy atom. The molecule has 0 aliphatic carbocycles. The number of amides is 1. The molecule has 0 bridgehead atoms. The topological polar surface area (TPSA) is 88.2 Å². The number of ether oxygens (including phenoxy) is 1. The molecular formula is C20H26N4O3. The number of hydrogen-bond acceptors (Lipinski definition) is 5. The Morgan fingerprint density at radius 2 is 1.93 bits per heavy atom. The lowest BCUT2D eigenvalue weighted by molar-refractivity contribution is -0.130. The Morgan fingerprint density at radius 3 is 2.56 bits per heavy atom. The molecule has 1 amide bonds. The molecule has 2 heterocycles. The van der Waals surface area contributed by atoms with Gasteiger partial charge in [0.15, 0.2) is 5.82 Å². The van der Waals surface area contributed by atoms with Crippen LogP contribution in [0, 0.1) is 0 Å². The van der Waals surface area contributed by atoms with E-state index in [4.69, 9.17) is 4.74 Å². The summed E-state index contributed by atoms with van der Waals surface area (Å²) in [5.74, 6) is 1.26. The molecule has 1 aliphatic heterocycles. The van der Waals surface area contributed by atoms with Gasteiger partial charge in [-0.05, 0) is 50.5 Å². The Bertz CT molecular complexity index is 826. The summed E-state index contributed by atoms with van der Waals surface area (Å²) < 4.78 is 5.75. The quantitative estimate of drug-likeness (QED) is 0.809. The second-order valence-corrected chi connectivity index (χ2v) is 6.90. The van der Waals surface area contributed by atoms with Crippen LogP contribution in [0.5, 0.6) is 5.75 Å². The van der Waals surface area contributed by atoms with Crippen LogP contribution in [0.3, 0.4) is 0 Å². The molecule has 1 aromatic heterocycles. The number of hydrogen-bond donors (Lipinski definition) is 1. The van der Waals surface area contributed by atoms with Gasteiger partial charge in [0.25, 0.3) is 5.56 Å². The number of nitrogens with zero attached hydrogens (tertiary/aromatic N) is 3. The number of aromatic amines is 1. The number of H-pyrrole nitrogens is 1. The van der Waals surface area contributed by atoms with Crippen molar-refractivity contribution in [1.82, 2.24) is 20.1 Å². The van der Waals surface area contributed by atoms with E-state index in [0.717, 1.165) is 43.7 Å². The van der Waals surface area contributed by atoms with Crippen LogP contribution in [0.2, 0.25) is 0 Å². The second kappa shape index (κ2) is 8.79. The first-order chi connectivity index (χ1) is 13.1. The highest BCUT2D eigenvalue weighted by Gasteiger charge is 2.18. The van der Waals surface area contributed by atoms with Crippen molar-refractivity contribution in [1.29, 1.82) is 0 Å². The van der Waals surface area contributed by atoms with Gasteiger partial charge in [-0.15, -0.1) is 10.2 Å². The number of aromatic nitrogens is 3. The van der Waals surface area contributed by atoms with E-state index in [2.05, 4.69) is 22.1 Å². The number of carbonyl (C=O) groups excluding carboxylic acids is 1. The molecule has 2 aromatic rings. The minimum absolute atomic E-state index is 0.0784. The van der Waals surface area contributed by atoms with Gasteiger partial charge >= 0.3 is 0 Å². The highest BCUT2D eigenvalue weighted by Crippen LogP contribution is 2.19. The zero-order valence-electron chi connectivity index (χ0n) is 15.9. The molecule has 1 N–H and O–H groups in total. The molecule has 1 aliphatic rings. The van der Waals surface area contributed by atoms with Crippen molar-refractivity contribution in [3.63, 3.8) is 0 Å². The van der Waals surface area contributed by atoms with Crippen LogP contribution in [0.1, 0.15) is 45.2 Å². The van der Waals surface area contributed by atoms with Crippen molar-refractivity contribution in [2.24, 2.45) is 0 Å². The molecule has 7 nitrogen and oxygen atoms in total. The average Bonchev–Trinajstić information content (AvgIpc) is 3.22. The largest absolute Gasteiger partial charge is 0.491 e. The molecule has 0 spiro atoms. The predicted octanol–water partition coefficient (Wildman–Crippen LogP) is 2.56. The van der Waals surface area contributed by atoms with Crippen molar-refractivity contribution in [2.75, 3.05) is 13.1 Å². The molecule has 1 fully saturated rings. The van der Waals surface area contributed by atoms with Gasteiger partial charge in [-0.1, -0.05) is 6.92 Å². The van der Waals surface area contributed by atoms with Crippen molar-refractivity contribution in [3.05, 3.63) is 40.3 Å². The summed E-state index contributed by atoms with van der Waals surface area (Å²) in [6, 6.07) is 7.39. The Balaban J connectivity index is 1.63. The van der Waals surface area contributed by atoms with Crippen molar-refractivity contribution in [3.8, 4) is 17.1 Å². The maximum atomic E-state index is 12.3. The standard InChI is InChI=1S/C20H26N4O3/c1-3-14(2)27-16-8-6-15(7-9-16)19-21-20(26)17(22-23-19)10-11-18(25)24-12-4-5-13-24/h6-9,14H,3-5,10-13H2,1-2H3,(H,21,23,26)/t14-/m1/s1. The van der Waals surface area contributed by atoms with Crippen LogP contribution in [0.15, 0.2) is 29.1 Å². The van der Waals surface area contributed by atoms with Gasteiger partial charge in [-0.3, -0.25) is 9.59 Å². The van der Waals surface area contributed by atoms with E-state index in [9.17, 15) is 9.59 Å². The van der Waals surface area contributed by atoms with E-state index in [1.165, 1.54) is 0 Å². The lowest BCUT2D eigenvalue weighted by atomic mass is 10.2. The number of nitrogens with one attached hydrogen (secondary N) is 1. The lowest BCUT2D eigenvalue weighted by Crippen LogP contribution is -2.28. The van der Waals surface area contributed by atoms with Crippen molar-refractivity contribution in [2.45, 2.75) is 52.1 Å². The first-order valence-corrected chi connectivity index (χ1v) is 9.57. The SMILES string of the molecule is CC[C@@H](C)Oc1ccc(-c2nnc(CCC(=O)N3CCCC3)c(=O)[nH]2)cc1. The van der Waals surface area contributed by atoms with E-state index in [1.807, 2.05) is 36.1 Å². The maximum absolute atomic E-state index is 12.3. The molecule has 3 rings (SSSR count). The van der Waals surface area contributed by atoms with Crippen molar-refractivity contribution < 1.29 is 9.53 Å². The molecule has 1 saturated heterocycles. The van der Waals surface area contributed by atoms with Gasteiger partial charge in [0.2, 0.25) is 5.91 Å². The molecule has 0 saturated carbocycles. The number of rotatable bonds is 7. The summed E-state index contributed by atoms with van der Waals surface area (Å²) in [6.45, 7) is 5.72. The summed E-state index contributed by atoms with van der Waals surface area (Å²) in [7, 11) is 0. The third kappa shape index (κ3) is 4.93. The van der Waals surface area contributed by atoms with Gasteiger partial charge in [0.05, 0.1) is 6.10 Å². The smallest absolute Gasteiger partial charge is 0.273 e. The van der Waals surface area contributed by atoms with E-state index < -0.39 is 0 Å². The fourth-order valence-electron chi connectivity index (χ4n) is 3.01. The van der Waals surface area contributed by atoms with Crippen LogP contribution in [0.25, 0.3) is 11.4 Å². The second-order valence-electron chi connectivity index (χ2n) is 6.90. The fraction of sp³-hybridized carbons (Fsp3) is 0.500. The van der Waals surface area contributed by atoms with Gasteiger partial charge in [-0.2, -0.15) is 0 Å². The maximum Gasteiger partial charge on any atom is 0.273 e. The molecule has 7 heteroatoms. The van der Waals surface area contributed by atoms with Crippen LogP contribution in [0.4, 0.5) is 0 Å². The third-order valence-corrected chi connectivity index (χ3v) is 4.84. The first kappa shape index (κ1) is 19.1. The first-order valence-electron chi connectivity index (χ1n) is 9.57. The van der Waals surface area contributed by atoms with E-state index >= 15 is 0 Å². The average molecular weight is 370 g/mol. The van der Waals surface area contributed by atoms with Crippen molar-refractivity contribution >= 4 is 5.91 Å². The normalized spacial score (nSPS) is 15.0. The summed E-state index contributed by atoms with van der Waals surface area (Å²) in [5, 5.41) is 8.16. The monoisotopic (exact) mass is 370 g/mol. The minimum atomic E-state index is -0.297. The molecule has 144 valence electrons. The van der Waals surface area contributed by atoms with E-state index in [0.29, 0.717) is 24.4 Å². The highest BCUT2D eigenvalue weighted by molar-refractivity contribution is 5.76. The predicted molar refractivity (Wildman–Crippen MR) is 103 cm³/mol. The Hall–Kier alpha value is -2.70. The highest BCUT2D eigenvalue weighted by atomic mass is 16.5. The summed E-state index contributed by atoms with van der Waals surface area (Å²) >= 11 is 0. The molecular weight excluding hydrogens is 344 g/mol. The third-order valence-electron chi connectivity index (χ3n) is 4.84. The molecule has 1 atom stereocenters. The molecule has 27 heavy (non-hydrogen) atoms. The van der Waals surface area contributed by atoms with E-state index in [-0.39, 0.29) is 17.6 Å². The zero-order valence-corrected chi connectivity index (χ0v) is 15.9. The van der Waals surface area contributed by atoms with Gasteiger partial charge in [0.1, 0.15) is 11.4 Å². The Kier molecular flexibility index (Phi) is 6.21. The number of benzene rings is 1. The van der Waals surface area contributed by atoms with Crippen LogP contribution >= 0.6 is 0 Å². The Labute approximate surface area is 158 Å². The van der Waals surface area contributed by atoms with Gasteiger partial charge < -0.3 is 14.6 Å². The van der Waals surface area contributed by atoms with Crippen LogP contribution in [-0.4, -0.2) is 45.2 Å². The van der Waals surface area contributed by atoms with Gasteiger partial charge in [0, 0.05) is 31.5 Å². The number of aryl methyl sites for hydroxylation is 1. The van der Waals surface area contributed by atoms with E-state index in [1.54, 1.807) is 0 Å². The summed E-state index contributed by atoms with van der Waals surface area (Å²) in [5.41, 5.74) is 0.757.